The van der Waals surface area contributed by atoms with Gasteiger partial charge in [0.05, 0.1) is 31.4 Å². The predicted molar refractivity (Wildman–Crippen MR) is 178 cm³/mol. The zero-order valence-corrected chi connectivity index (χ0v) is 28.3. The van der Waals surface area contributed by atoms with Gasteiger partial charge in [-0.25, -0.2) is 22.3 Å². The van der Waals surface area contributed by atoms with Gasteiger partial charge in [0.25, 0.3) is 0 Å². The van der Waals surface area contributed by atoms with Crippen molar-refractivity contribution in [1.82, 2.24) is 4.72 Å². The average Bonchev–Trinajstić information content (AvgIpc) is 3.09. The lowest BCUT2D eigenvalue weighted by atomic mass is 9.78. The first-order valence-corrected chi connectivity index (χ1v) is 18.0. The highest BCUT2D eigenvalue weighted by Gasteiger charge is 2.50. The van der Waals surface area contributed by atoms with Crippen LogP contribution >= 0.6 is 0 Å². The summed E-state index contributed by atoms with van der Waals surface area (Å²) in [4.78, 5) is 27.4. The number of ether oxygens (including phenoxy) is 3. The maximum absolute atomic E-state index is 13.6. The SMILES string of the molecule is COC(=O)[C@H]1O[C@@H](Oc2ccc([C@@H]3[C@@H](CC[C@H](O)c4ccc(F)cc4)C(=O)N3c3ccc(CCCNS(C)(=O)=O)cc3)cc2)[C@H](O)[C@@H](O)[C@@H]1O. The number of aliphatic hydroxyl groups is 4. The Morgan fingerprint density at radius 3 is 2.26 bits per heavy atom. The molecule has 0 unspecified atom stereocenters. The maximum atomic E-state index is 13.6. The summed E-state index contributed by atoms with van der Waals surface area (Å²) in [6, 6.07) is 19.1. The number of esters is 1. The Labute approximate surface area is 289 Å². The summed E-state index contributed by atoms with van der Waals surface area (Å²) < 4.78 is 54.3. The van der Waals surface area contributed by atoms with E-state index in [-0.39, 0.29) is 18.1 Å². The minimum absolute atomic E-state index is 0.146. The van der Waals surface area contributed by atoms with Crippen LogP contribution in [0.4, 0.5) is 10.1 Å². The number of hydrogen-bond donors (Lipinski definition) is 5. The third-order valence-electron chi connectivity index (χ3n) is 8.92. The summed E-state index contributed by atoms with van der Waals surface area (Å²) in [6.45, 7) is 0.304. The minimum Gasteiger partial charge on any atom is -0.467 e. The van der Waals surface area contributed by atoms with Gasteiger partial charge in [0.1, 0.15) is 29.9 Å². The van der Waals surface area contributed by atoms with Crippen molar-refractivity contribution < 1.29 is 57.0 Å². The summed E-state index contributed by atoms with van der Waals surface area (Å²) in [5.41, 5.74) is 2.89. The van der Waals surface area contributed by atoms with Gasteiger partial charge in [0.15, 0.2) is 6.10 Å². The fourth-order valence-corrected chi connectivity index (χ4v) is 6.71. The van der Waals surface area contributed by atoms with Crippen molar-refractivity contribution in [2.45, 2.75) is 68.5 Å². The molecular weight excluding hydrogens is 675 g/mol. The van der Waals surface area contributed by atoms with Gasteiger partial charge in [0, 0.05) is 12.2 Å². The van der Waals surface area contributed by atoms with E-state index in [4.69, 9.17) is 9.47 Å². The van der Waals surface area contributed by atoms with Crippen LogP contribution in [0.2, 0.25) is 0 Å². The number of anilines is 1. The molecule has 2 saturated heterocycles. The molecule has 13 nitrogen and oxygen atoms in total. The molecule has 2 fully saturated rings. The van der Waals surface area contributed by atoms with Crippen molar-refractivity contribution in [3.8, 4) is 5.75 Å². The maximum Gasteiger partial charge on any atom is 0.337 e. The van der Waals surface area contributed by atoms with Gasteiger partial charge < -0.3 is 39.5 Å². The monoisotopic (exact) mass is 716 g/mol. The molecule has 0 aliphatic carbocycles. The van der Waals surface area contributed by atoms with E-state index in [1.165, 1.54) is 24.3 Å². The normalized spacial score (nSPS) is 25.9. The van der Waals surface area contributed by atoms with Gasteiger partial charge in [-0.3, -0.25) is 4.79 Å². The van der Waals surface area contributed by atoms with Crippen LogP contribution in [0, 0.1) is 11.7 Å². The molecular formula is C35H41FN2O11S. The number of benzene rings is 3. The van der Waals surface area contributed by atoms with E-state index in [1.807, 2.05) is 24.3 Å². The number of halogens is 1. The molecule has 270 valence electrons. The van der Waals surface area contributed by atoms with E-state index < -0.39 is 70.6 Å². The highest BCUT2D eigenvalue weighted by Crippen LogP contribution is 2.46. The van der Waals surface area contributed by atoms with Gasteiger partial charge in [-0.2, -0.15) is 0 Å². The molecule has 0 saturated carbocycles. The quantitative estimate of drug-likeness (QED) is 0.0930. The Balaban J connectivity index is 1.32. The number of rotatable bonds is 14. The van der Waals surface area contributed by atoms with E-state index in [2.05, 4.69) is 9.46 Å². The van der Waals surface area contributed by atoms with Crippen molar-refractivity contribution in [3.63, 3.8) is 0 Å². The van der Waals surface area contributed by atoms with Crippen LogP contribution in [-0.2, 0) is 35.5 Å². The second-order valence-electron chi connectivity index (χ2n) is 12.4. The number of methoxy groups -OCH3 is 1. The standard InChI is InChI=1S/C35H41FN2O11S/c1-47-34(44)32-30(41)29(40)31(42)35(49-32)48-25-15-9-22(10-16-25)28-26(17-18-27(39)21-7-11-23(36)12-8-21)33(43)38(28)24-13-5-20(6-14-24)4-3-19-37-50(2,45)46/h5-16,26-32,35,37,39-42H,3-4,17-19H2,1-2H3/t26-,27+,28-,29+,30+,31-,32+,35-/m1/s1. The number of carbonyl (C=O) groups excluding carboxylic acids is 2. The lowest BCUT2D eigenvalue weighted by Crippen LogP contribution is -2.61. The van der Waals surface area contributed by atoms with Gasteiger partial charge in [-0.1, -0.05) is 36.4 Å². The first-order chi connectivity index (χ1) is 23.8. The smallest absolute Gasteiger partial charge is 0.337 e. The van der Waals surface area contributed by atoms with Crippen molar-refractivity contribution >= 4 is 27.6 Å². The molecule has 0 bridgehead atoms. The lowest BCUT2D eigenvalue weighted by molar-refractivity contribution is -0.271. The molecule has 50 heavy (non-hydrogen) atoms. The zero-order chi connectivity index (χ0) is 36.2. The Bertz CT molecular complexity index is 1720. The van der Waals surface area contributed by atoms with Crippen molar-refractivity contribution in [2.24, 2.45) is 5.92 Å². The molecule has 0 aromatic heterocycles. The molecule has 15 heteroatoms. The first kappa shape index (κ1) is 37.3. The van der Waals surface area contributed by atoms with Gasteiger partial charge in [-0.15, -0.1) is 0 Å². The molecule has 0 spiro atoms. The summed E-state index contributed by atoms with van der Waals surface area (Å²) in [6.07, 6.45) is -6.24. The summed E-state index contributed by atoms with van der Waals surface area (Å²) in [5, 5.41) is 41.7. The van der Waals surface area contributed by atoms with Crippen LogP contribution in [0.3, 0.4) is 0 Å². The second-order valence-corrected chi connectivity index (χ2v) is 14.3. The minimum atomic E-state index is -3.27. The molecule has 2 aliphatic heterocycles. The lowest BCUT2D eigenvalue weighted by Gasteiger charge is -2.48. The fraction of sp³-hybridized carbons (Fsp3) is 0.429. The number of nitrogens with zero attached hydrogens (tertiary/aromatic N) is 1. The van der Waals surface area contributed by atoms with Crippen LogP contribution in [0.1, 0.15) is 48.1 Å². The number of aliphatic hydroxyl groups excluding tert-OH is 4. The summed E-state index contributed by atoms with van der Waals surface area (Å²) in [5.74, 6) is -1.81. The van der Waals surface area contributed by atoms with E-state index in [9.17, 15) is 42.8 Å². The zero-order valence-electron chi connectivity index (χ0n) is 27.5. The number of carbonyl (C=O) groups is 2. The number of sulfonamides is 1. The Kier molecular flexibility index (Phi) is 11.9. The van der Waals surface area contributed by atoms with E-state index in [1.54, 1.807) is 29.2 Å². The van der Waals surface area contributed by atoms with Crippen molar-refractivity contribution in [1.29, 1.82) is 0 Å². The number of aryl methyl sites for hydroxylation is 1. The number of amides is 1. The highest BCUT2D eigenvalue weighted by atomic mass is 32.2. The Hall–Kier alpha value is -3.96. The van der Waals surface area contributed by atoms with Crippen LogP contribution in [0.25, 0.3) is 0 Å². The summed E-state index contributed by atoms with van der Waals surface area (Å²) in [7, 11) is -2.18. The van der Waals surface area contributed by atoms with E-state index >= 15 is 0 Å². The third-order valence-corrected chi connectivity index (χ3v) is 9.65. The van der Waals surface area contributed by atoms with Crippen LogP contribution in [0.5, 0.6) is 5.75 Å². The molecule has 5 rings (SSSR count). The molecule has 3 aromatic rings. The van der Waals surface area contributed by atoms with Gasteiger partial charge in [0.2, 0.25) is 22.2 Å². The Morgan fingerprint density at radius 1 is 0.980 bits per heavy atom. The molecule has 1 amide bonds. The van der Waals surface area contributed by atoms with Gasteiger partial charge in [-0.05, 0) is 78.8 Å². The molecule has 5 N–H and O–H groups in total. The fourth-order valence-electron chi connectivity index (χ4n) is 6.20. The van der Waals surface area contributed by atoms with E-state index in [0.29, 0.717) is 37.1 Å². The number of β-lactam (4-membered cyclic amide) rings is 1. The first-order valence-electron chi connectivity index (χ1n) is 16.1. The van der Waals surface area contributed by atoms with E-state index in [0.717, 1.165) is 24.5 Å². The molecule has 0 radical (unpaired) electrons. The number of nitrogens with one attached hydrogen (secondary N) is 1. The number of hydrogen-bond acceptors (Lipinski definition) is 11. The highest BCUT2D eigenvalue weighted by molar-refractivity contribution is 7.88. The van der Waals surface area contributed by atoms with Crippen LogP contribution < -0.4 is 14.4 Å². The van der Waals surface area contributed by atoms with Gasteiger partial charge >= 0.3 is 5.97 Å². The largest absolute Gasteiger partial charge is 0.467 e. The topological polar surface area (TPSA) is 192 Å². The molecule has 8 atom stereocenters. The molecule has 3 aromatic carbocycles. The molecule has 2 heterocycles. The summed E-state index contributed by atoms with van der Waals surface area (Å²) >= 11 is 0. The van der Waals surface area contributed by atoms with Crippen molar-refractivity contribution in [3.05, 3.63) is 95.3 Å². The third kappa shape index (κ3) is 8.66. The average molecular weight is 717 g/mol. The second kappa shape index (κ2) is 15.9. The Morgan fingerprint density at radius 2 is 1.64 bits per heavy atom. The predicted octanol–water partition coefficient (Wildman–Crippen LogP) is 1.88. The van der Waals surface area contributed by atoms with Crippen molar-refractivity contribution in [2.75, 3.05) is 24.8 Å². The van der Waals surface area contributed by atoms with Crippen LogP contribution in [0.15, 0.2) is 72.8 Å². The van der Waals surface area contributed by atoms with Crippen LogP contribution in [-0.4, -0.2) is 91.3 Å². The molecule has 2 aliphatic rings.